The number of H-pyrrole nitrogens is 1. The van der Waals surface area contributed by atoms with Crippen LogP contribution in [0.15, 0.2) is 15.8 Å². The third-order valence-electron chi connectivity index (χ3n) is 3.40. The molecule has 0 aromatic carbocycles. The summed E-state index contributed by atoms with van der Waals surface area (Å²) in [5.41, 5.74) is -0.752. The highest BCUT2D eigenvalue weighted by molar-refractivity contribution is 5.66. The number of aromatic nitrogens is 2. The zero-order chi connectivity index (χ0) is 17.1. The second kappa shape index (κ2) is 6.78. The molecular formula is C14H18N2O7. The number of esters is 2. The van der Waals surface area contributed by atoms with Crippen molar-refractivity contribution in [3.63, 3.8) is 0 Å². The highest BCUT2D eigenvalue weighted by Gasteiger charge is 2.39. The molecular weight excluding hydrogens is 308 g/mol. The maximum Gasteiger partial charge on any atom is 0.330 e. The Morgan fingerprint density at radius 2 is 2.04 bits per heavy atom. The molecule has 1 N–H and O–H groups in total. The van der Waals surface area contributed by atoms with Crippen molar-refractivity contribution in [2.45, 2.75) is 45.6 Å². The van der Waals surface area contributed by atoms with Crippen molar-refractivity contribution < 1.29 is 23.8 Å². The lowest BCUT2D eigenvalue weighted by Crippen LogP contribution is -2.33. The van der Waals surface area contributed by atoms with Gasteiger partial charge in [0.1, 0.15) is 25.0 Å². The predicted octanol–water partition coefficient (Wildman–Crippen LogP) is -0.373. The van der Waals surface area contributed by atoms with Crippen LogP contribution in [0.2, 0.25) is 0 Å². The van der Waals surface area contributed by atoms with E-state index in [1.807, 2.05) is 0 Å². The van der Waals surface area contributed by atoms with E-state index in [9.17, 15) is 19.2 Å². The van der Waals surface area contributed by atoms with Gasteiger partial charge in [0.05, 0.1) is 0 Å². The van der Waals surface area contributed by atoms with Crippen molar-refractivity contribution in [3.8, 4) is 0 Å². The Balaban J connectivity index is 2.23. The van der Waals surface area contributed by atoms with E-state index >= 15 is 0 Å². The van der Waals surface area contributed by atoms with Gasteiger partial charge >= 0.3 is 17.6 Å². The molecule has 0 radical (unpaired) electrons. The van der Waals surface area contributed by atoms with Crippen molar-refractivity contribution in [2.24, 2.45) is 0 Å². The Bertz CT molecular complexity index is 721. The number of ether oxygens (including phenoxy) is 3. The molecule has 3 atom stereocenters. The molecule has 1 aromatic heterocycles. The monoisotopic (exact) mass is 326 g/mol. The van der Waals surface area contributed by atoms with Crippen LogP contribution in [-0.4, -0.2) is 40.3 Å². The van der Waals surface area contributed by atoms with Crippen molar-refractivity contribution in [3.05, 3.63) is 32.6 Å². The van der Waals surface area contributed by atoms with Crippen LogP contribution in [0.1, 0.15) is 32.1 Å². The van der Waals surface area contributed by atoms with Crippen LogP contribution in [0.4, 0.5) is 0 Å². The van der Waals surface area contributed by atoms with E-state index in [2.05, 4.69) is 4.98 Å². The van der Waals surface area contributed by atoms with Gasteiger partial charge in [0.25, 0.3) is 5.56 Å². The van der Waals surface area contributed by atoms with Crippen LogP contribution in [-0.2, 0) is 23.8 Å². The Hall–Kier alpha value is -2.42. The normalized spacial score (nSPS) is 23.5. The van der Waals surface area contributed by atoms with Crippen molar-refractivity contribution >= 4 is 11.9 Å². The number of hydrogen-bond acceptors (Lipinski definition) is 7. The first-order chi connectivity index (χ1) is 10.8. The molecule has 1 aliphatic heterocycles. The number of nitrogens with one attached hydrogen (secondary N) is 1. The summed E-state index contributed by atoms with van der Waals surface area (Å²) in [6.45, 7) is 3.97. The minimum atomic E-state index is -0.733. The Labute approximate surface area is 131 Å². The van der Waals surface area contributed by atoms with Gasteiger partial charge < -0.3 is 14.2 Å². The molecule has 0 unspecified atom stereocenters. The third kappa shape index (κ3) is 4.07. The highest BCUT2D eigenvalue weighted by Crippen LogP contribution is 2.30. The minimum absolute atomic E-state index is 0.0964. The van der Waals surface area contributed by atoms with Crippen LogP contribution in [0.5, 0.6) is 0 Å². The predicted molar refractivity (Wildman–Crippen MR) is 76.8 cm³/mol. The van der Waals surface area contributed by atoms with Crippen LogP contribution < -0.4 is 11.2 Å². The smallest absolute Gasteiger partial charge is 0.330 e. The van der Waals surface area contributed by atoms with E-state index in [0.717, 1.165) is 0 Å². The first-order valence-corrected chi connectivity index (χ1v) is 7.06. The summed E-state index contributed by atoms with van der Waals surface area (Å²) < 4.78 is 17.0. The fraction of sp³-hybridized carbons (Fsp3) is 0.571. The van der Waals surface area contributed by atoms with Gasteiger partial charge in [-0.05, 0) is 6.92 Å². The first-order valence-electron chi connectivity index (χ1n) is 7.06. The first kappa shape index (κ1) is 16.9. The lowest BCUT2D eigenvalue weighted by Gasteiger charge is -2.17. The van der Waals surface area contributed by atoms with Gasteiger partial charge in [-0.1, -0.05) is 0 Å². The summed E-state index contributed by atoms with van der Waals surface area (Å²) in [4.78, 5) is 47.6. The van der Waals surface area contributed by atoms with E-state index < -0.39 is 41.6 Å². The van der Waals surface area contributed by atoms with Crippen LogP contribution >= 0.6 is 0 Å². The van der Waals surface area contributed by atoms with Gasteiger partial charge in [0.15, 0.2) is 0 Å². The van der Waals surface area contributed by atoms with Gasteiger partial charge in [-0.3, -0.25) is 23.9 Å². The zero-order valence-corrected chi connectivity index (χ0v) is 13.0. The molecule has 0 bridgehead atoms. The van der Waals surface area contributed by atoms with Gasteiger partial charge in [0.2, 0.25) is 0 Å². The van der Waals surface area contributed by atoms with E-state index in [0.29, 0.717) is 5.56 Å². The summed E-state index contributed by atoms with van der Waals surface area (Å²) in [5.74, 6) is -0.993. The number of aromatic amines is 1. The average molecular weight is 326 g/mol. The molecule has 2 heterocycles. The molecule has 9 heteroatoms. The van der Waals surface area contributed by atoms with Crippen molar-refractivity contribution in [1.29, 1.82) is 0 Å². The molecule has 0 spiro atoms. The molecule has 0 aliphatic carbocycles. The summed E-state index contributed by atoms with van der Waals surface area (Å²) in [6, 6.07) is 0. The quantitative estimate of drug-likeness (QED) is 0.750. The summed E-state index contributed by atoms with van der Waals surface area (Å²) in [7, 11) is 0. The fourth-order valence-electron chi connectivity index (χ4n) is 2.36. The van der Waals surface area contributed by atoms with E-state index in [1.165, 1.54) is 24.6 Å². The largest absolute Gasteiger partial charge is 0.463 e. The topological polar surface area (TPSA) is 117 Å². The molecule has 9 nitrogen and oxygen atoms in total. The molecule has 126 valence electrons. The Morgan fingerprint density at radius 3 is 2.65 bits per heavy atom. The molecule has 0 saturated carbocycles. The minimum Gasteiger partial charge on any atom is -0.463 e. The van der Waals surface area contributed by atoms with Gasteiger partial charge in [-0.15, -0.1) is 0 Å². The Morgan fingerprint density at radius 1 is 1.35 bits per heavy atom. The molecule has 1 fully saturated rings. The highest BCUT2D eigenvalue weighted by atomic mass is 16.6. The lowest BCUT2D eigenvalue weighted by atomic mass is 10.2. The molecule has 1 aromatic rings. The average Bonchev–Trinajstić information content (AvgIpc) is 2.82. The SMILES string of the molecule is CC(=O)OC[C@@H]1O[C@@H](n2cc(C)c(=O)[nH]c2=O)C[C@@H]1OC(C)=O. The molecule has 2 rings (SSSR count). The number of nitrogens with zero attached hydrogens (tertiary/aromatic N) is 1. The number of aryl methyl sites for hydroxylation is 1. The number of carbonyl (C=O) groups excluding carboxylic acids is 2. The maximum absolute atomic E-state index is 11.9. The van der Waals surface area contributed by atoms with Crippen molar-refractivity contribution in [1.82, 2.24) is 9.55 Å². The molecule has 23 heavy (non-hydrogen) atoms. The molecule has 1 aliphatic rings. The van der Waals surface area contributed by atoms with Gasteiger partial charge in [-0.25, -0.2) is 4.79 Å². The third-order valence-corrected chi connectivity index (χ3v) is 3.40. The van der Waals surface area contributed by atoms with E-state index in [1.54, 1.807) is 6.92 Å². The second-order valence-electron chi connectivity index (χ2n) is 5.29. The van der Waals surface area contributed by atoms with Crippen LogP contribution in [0, 0.1) is 6.92 Å². The maximum atomic E-state index is 11.9. The van der Waals surface area contributed by atoms with Gasteiger partial charge in [0, 0.05) is 32.0 Å². The molecule has 1 saturated heterocycles. The number of hydrogen-bond donors (Lipinski definition) is 1. The van der Waals surface area contributed by atoms with E-state index in [4.69, 9.17) is 14.2 Å². The zero-order valence-electron chi connectivity index (χ0n) is 13.0. The van der Waals surface area contributed by atoms with Crippen LogP contribution in [0.3, 0.4) is 0 Å². The second-order valence-corrected chi connectivity index (χ2v) is 5.29. The fourth-order valence-corrected chi connectivity index (χ4v) is 2.36. The Kier molecular flexibility index (Phi) is 4.99. The van der Waals surface area contributed by atoms with E-state index in [-0.39, 0.29) is 13.0 Å². The number of carbonyl (C=O) groups is 2. The standard InChI is InChI=1S/C14H18N2O7/c1-7-5-16(14(20)15-13(7)19)12-4-10(22-9(3)18)11(23-12)6-21-8(2)17/h5,10-12H,4,6H2,1-3H3,(H,15,19,20)/t10-,11-,12+/m0/s1. The van der Waals surface area contributed by atoms with Crippen molar-refractivity contribution in [2.75, 3.05) is 6.61 Å². The summed E-state index contributed by atoms with van der Waals surface area (Å²) in [5, 5.41) is 0. The van der Waals surface area contributed by atoms with Gasteiger partial charge in [-0.2, -0.15) is 0 Å². The summed E-state index contributed by atoms with van der Waals surface area (Å²) >= 11 is 0. The number of rotatable bonds is 4. The lowest BCUT2D eigenvalue weighted by molar-refractivity contribution is -0.155. The molecule has 0 amide bonds. The summed E-state index contributed by atoms with van der Waals surface area (Å²) in [6.07, 6.45) is -0.493. The van der Waals surface area contributed by atoms with Crippen LogP contribution in [0.25, 0.3) is 0 Å².